The molecule has 1 aliphatic rings. The molecule has 0 spiro atoms. The van der Waals surface area contributed by atoms with Crippen molar-refractivity contribution in [2.24, 2.45) is 11.8 Å². The van der Waals surface area contributed by atoms with Gasteiger partial charge >= 0.3 is 0 Å². The Bertz CT molecular complexity index is 505. The third kappa shape index (κ3) is 5.34. The highest BCUT2D eigenvalue weighted by Gasteiger charge is 2.28. The molecule has 0 radical (unpaired) electrons. The predicted molar refractivity (Wildman–Crippen MR) is 94.6 cm³/mol. The fraction of sp³-hybridized carbons (Fsp3) is 0.667. The smallest absolute Gasteiger partial charge is 0.254 e. The standard InChI is InChI=1S/C18H28N2O2S/c1-13(2)4-5-14(3)19-17(21)15-6-9-20(10-7-15)18(22)16-8-11-23-12-16/h8,11-15H,4-7,9-10H2,1-3H3,(H,19,21)/t14-/m1/s1. The average molecular weight is 337 g/mol. The first kappa shape index (κ1) is 18.0. The summed E-state index contributed by atoms with van der Waals surface area (Å²) >= 11 is 1.54. The molecular weight excluding hydrogens is 308 g/mol. The van der Waals surface area contributed by atoms with Gasteiger partial charge in [-0.05, 0) is 50.0 Å². The molecule has 1 fully saturated rings. The summed E-state index contributed by atoms with van der Waals surface area (Å²) in [5.74, 6) is 0.961. The van der Waals surface area contributed by atoms with E-state index in [4.69, 9.17) is 0 Å². The number of hydrogen-bond acceptors (Lipinski definition) is 3. The largest absolute Gasteiger partial charge is 0.353 e. The SMILES string of the molecule is CC(C)CC[C@@H](C)NC(=O)C1CCN(C(=O)c2ccsc2)CC1. The maximum absolute atomic E-state index is 12.3. The van der Waals surface area contributed by atoms with Crippen LogP contribution < -0.4 is 5.32 Å². The van der Waals surface area contributed by atoms with Crippen LogP contribution in [0.1, 0.15) is 56.8 Å². The molecule has 1 aromatic heterocycles. The van der Waals surface area contributed by atoms with Crippen molar-refractivity contribution in [1.82, 2.24) is 10.2 Å². The highest BCUT2D eigenvalue weighted by atomic mass is 32.1. The van der Waals surface area contributed by atoms with E-state index in [-0.39, 0.29) is 23.8 Å². The monoisotopic (exact) mass is 336 g/mol. The van der Waals surface area contributed by atoms with E-state index in [1.165, 1.54) is 11.3 Å². The van der Waals surface area contributed by atoms with Gasteiger partial charge in [0.05, 0.1) is 5.56 Å². The number of carbonyl (C=O) groups excluding carboxylic acids is 2. The van der Waals surface area contributed by atoms with Crippen molar-refractivity contribution in [3.8, 4) is 0 Å². The second-order valence-electron chi connectivity index (χ2n) is 6.96. The fourth-order valence-electron chi connectivity index (χ4n) is 2.93. The predicted octanol–water partition coefficient (Wildman–Crippen LogP) is 3.54. The van der Waals surface area contributed by atoms with Crippen molar-refractivity contribution in [2.75, 3.05) is 13.1 Å². The lowest BCUT2D eigenvalue weighted by atomic mass is 9.94. The molecule has 5 heteroatoms. The lowest BCUT2D eigenvalue weighted by molar-refractivity contribution is -0.127. The summed E-state index contributed by atoms with van der Waals surface area (Å²) in [6.45, 7) is 7.83. The molecule has 4 nitrogen and oxygen atoms in total. The van der Waals surface area contributed by atoms with Crippen molar-refractivity contribution >= 4 is 23.2 Å². The zero-order chi connectivity index (χ0) is 16.8. The van der Waals surface area contributed by atoms with Gasteiger partial charge in [-0.3, -0.25) is 9.59 Å². The van der Waals surface area contributed by atoms with Gasteiger partial charge in [0.1, 0.15) is 0 Å². The van der Waals surface area contributed by atoms with Gasteiger partial charge in [0.25, 0.3) is 5.91 Å². The Morgan fingerprint density at radius 2 is 1.96 bits per heavy atom. The number of rotatable bonds is 6. The van der Waals surface area contributed by atoms with Gasteiger partial charge in [0.15, 0.2) is 0 Å². The Balaban J connectivity index is 1.75. The minimum Gasteiger partial charge on any atom is -0.353 e. The Kier molecular flexibility index (Phi) is 6.63. The maximum atomic E-state index is 12.3. The summed E-state index contributed by atoms with van der Waals surface area (Å²) in [6.07, 6.45) is 3.69. The van der Waals surface area contributed by atoms with Crippen molar-refractivity contribution < 1.29 is 9.59 Å². The van der Waals surface area contributed by atoms with E-state index in [1.54, 1.807) is 0 Å². The lowest BCUT2D eigenvalue weighted by Crippen LogP contribution is -2.44. The quantitative estimate of drug-likeness (QED) is 0.864. The van der Waals surface area contributed by atoms with E-state index in [0.29, 0.717) is 19.0 Å². The van der Waals surface area contributed by atoms with Gasteiger partial charge in [-0.25, -0.2) is 0 Å². The van der Waals surface area contributed by atoms with Crippen LogP contribution in [-0.2, 0) is 4.79 Å². The summed E-state index contributed by atoms with van der Waals surface area (Å²) in [4.78, 5) is 26.5. The van der Waals surface area contributed by atoms with Crippen LogP contribution in [0.2, 0.25) is 0 Å². The Morgan fingerprint density at radius 1 is 1.26 bits per heavy atom. The maximum Gasteiger partial charge on any atom is 0.254 e. The second-order valence-corrected chi connectivity index (χ2v) is 7.74. The van der Waals surface area contributed by atoms with Gasteiger partial charge in [-0.1, -0.05) is 13.8 Å². The van der Waals surface area contributed by atoms with Crippen molar-refractivity contribution in [3.05, 3.63) is 22.4 Å². The number of amides is 2. The van der Waals surface area contributed by atoms with Gasteiger partial charge in [-0.2, -0.15) is 11.3 Å². The van der Waals surface area contributed by atoms with E-state index in [2.05, 4.69) is 26.1 Å². The number of hydrogen-bond donors (Lipinski definition) is 1. The summed E-state index contributed by atoms with van der Waals surface area (Å²) in [6, 6.07) is 2.10. The van der Waals surface area contributed by atoms with Crippen LogP contribution >= 0.6 is 11.3 Å². The van der Waals surface area contributed by atoms with E-state index in [9.17, 15) is 9.59 Å². The molecular formula is C18H28N2O2S. The topological polar surface area (TPSA) is 49.4 Å². The highest BCUT2D eigenvalue weighted by molar-refractivity contribution is 7.08. The molecule has 0 aromatic carbocycles. The number of thiophene rings is 1. The Morgan fingerprint density at radius 3 is 2.52 bits per heavy atom. The van der Waals surface area contributed by atoms with Gasteiger partial charge in [0, 0.05) is 30.4 Å². The second kappa shape index (κ2) is 8.48. The van der Waals surface area contributed by atoms with E-state index in [1.807, 2.05) is 21.7 Å². The van der Waals surface area contributed by atoms with Crippen molar-refractivity contribution in [3.63, 3.8) is 0 Å². The molecule has 2 heterocycles. The third-order valence-corrected chi connectivity index (χ3v) is 5.17. The Labute approximate surface area is 143 Å². The van der Waals surface area contributed by atoms with Crippen LogP contribution in [0.4, 0.5) is 0 Å². The van der Waals surface area contributed by atoms with E-state index >= 15 is 0 Å². The first-order valence-electron chi connectivity index (χ1n) is 8.59. The number of nitrogens with zero attached hydrogens (tertiary/aromatic N) is 1. The summed E-state index contributed by atoms with van der Waals surface area (Å²) < 4.78 is 0. The fourth-order valence-corrected chi connectivity index (χ4v) is 3.56. The molecule has 1 atom stereocenters. The average Bonchev–Trinajstić information content (AvgIpc) is 3.06. The minimum absolute atomic E-state index is 0.0445. The molecule has 128 valence electrons. The summed E-state index contributed by atoms with van der Waals surface area (Å²) in [5.41, 5.74) is 0.764. The zero-order valence-electron chi connectivity index (χ0n) is 14.4. The molecule has 1 aromatic rings. The molecule has 23 heavy (non-hydrogen) atoms. The molecule has 1 saturated heterocycles. The van der Waals surface area contributed by atoms with Crippen LogP contribution in [0.3, 0.4) is 0 Å². The molecule has 2 amide bonds. The minimum atomic E-state index is 0.0445. The highest BCUT2D eigenvalue weighted by Crippen LogP contribution is 2.20. The van der Waals surface area contributed by atoms with Crippen LogP contribution in [-0.4, -0.2) is 35.8 Å². The first-order chi connectivity index (χ1) is 11.0. The molecule has 1 aliphatic heterocycles. The number of carbonyl (C=O) groups is 2. The molecule has 1 N–H and O–H groups in total. The van der Waals surface area contributed by atoms with Crippen LogP contribution in [0, 0.1) is 11.8 Å². The molecule has 0 bridgehead atoms. The van der Waals surface area contributed by atoms with Crippen LogP contribution in [0.25, 0.3) is 0 Å². The number of nitrogens with one attached hydrogen (secondary N) is 1. The van der Waals surface area contributed by atoms with Crippen molar-refractivity contribution in [1.29, 1.82) is 0 Å². The first-order valence-corrected chi connectivity index (χ1v) is 9.53. The van der Waals surface area contributed by atoms with Crippen molar-refractivity contribution in [2.45, 2.75) is 52.5 Å². The molecule has 0 aliphatic carbocycles. The zero-order valence-corrected chi connectivity index (χ0v) is 15.2. The Hall–Kier alpha value is -1.36. The lowest BCUT2D eigenvalue weighted by Gasteiger charge is -2.31. The van der Waals surface area contributed by atoms with E-state index in [0.717, 1.165) is 31.2 Å². The van der Waals surface area contributed by atoms with Gasteiger partial charge < -0.3 is 10.2 Å². The molecule has 0 unspecified atom stereocenters. The molecule has 0 saturated carbocycles. The number of likely N-dealkylation sites (tertiary alicyclic amines) is 1. The normalized spacial score (nSPS) is 17.3. The van der Waals surface area contributed by atoms with Crippen LogP contribution in [0.5, 0.6) is 0 Å². The molecule has 2 rings (SSSR count). The van der Waals surface area contributed by atoms with Crippen LogP contribution in [0.15, 0.2) is 16.8 Å². The third-order valence-electron chi connectivity index (χ3n) is 4.49. The van der Waals surface area contributed by atoms with Gasteiger partial charge in [0.2, 0.25) is 5.91 Å². The number of piperidine rings is 1. The van der Waals surface area contributed by atoms with Gasteiger partial charge in [-0.15, -0.1) is 0 Å². The summed E-state index contributed by atoms with van der Waals surface area (Å²) in [7, 11) is 0. The summed E-state index contributed by atoms with van der Waals surface area (Å²) in [5, 5.41) is 6.94. The van der Waals surface area contributed by atoms with E-state index < -0.39 is 0 Å².